The second-order valence-corrected chi connectivity index (χ2v) is 3.46. The molecule has 0 aliphatic rings. The fraction of sp³-hybridized carbons (Fsp3) is 0.0833. The number of anilines is 2. The van der Waals surface area contributed by atoms with Gasteiger partial charge in [-0.1, -0.05) is 0 Å². The quantitative estimate of drug-likeness (QED) is 0.832. The first-order valence-electron chi connectivity index (χ1n) is 5.12. The van der Waals surface area contributed by atoms with Crippen molar-refractivity contribution in [3.05, 3.63) is 36.0 Å². The van der Waals surface area contributed by atoms with E-state index < -0.39 is 12.1 Å². The highest BCUT2D eigenvalue weighted by molar-refractivity contribution is 5.95. The number of carbonyl (C=O) groups is 1. The summed E-state index contributed by atoms with van der Waals surface area (Å²) in [6.07, 6.45) is -3.79. The molecule has 0 saturated carbocycles. The van der Waals surface area contributed by atoms with Crippen molar-refractivity contribution in [3.8, 4) is 12.1 Å². The van der Waals surface area contributed by atoms with Crippen LogP contribution in [0.15, 0.2) is 36.0 Å². The number of halogens is 3. The Balaban J connectivity index is 2.71. The summed E-state index contributed by atoms with van der Waals surface area (Å²) >= 11 is 0. The van der Waals surface area contributed by atoms with Gasteiger partial charge in [0, 0.05) is 17.6 Å². The average Bonchev–Trinajstić information content (AvgIpc) is 2.40. The summed E-state index contributed by atoms with van der Waals surface area (Å²) < 4.78 is 36.0. The van der Waals surface area contributed by atoms with Crippen LogP contribution in [-0.4, -0.2) is 12.1 Å². The lowest BCUT2D eigenvalue weighted by Crippen LogP contribution is -2.29. The van der Waals surface area contributed by atoms with Gasteiger partial charge in [0.15, 0.2) is 0 Å². The van der Waals surface area contributed by atoms with E-state index in [0.717, 1.165) is 6.20 Å². The Morgan fingerprint density at radius 2 is 1.60 bits per heavy atom. The van der Waals surface area contributed by atoms with Crippen LogP contribution in [-0.2, 0) is 4.79 Å². The number of nitriles is 2. The third kappa shape index (κ3) is 4.35. The van der Waals surface area contributed by atoms with Gasteiger partial charge in [0.05, 0.1) is 0 Å². The summed E-state index contributed by atoms with van der Waals surface area (Å²) in [6, 6.07) is 8.53. The number of amides is 1. The Morgan fingerprint density at radius 3 is 2.05 bits per heavy atom. The van der Waals surface area contributed by atoms with E-state index in [1.807, 2.05) is 0 Å². The van der Waals surface area contributed by atoms with Crippen LogP contribution < -0.4 is 10.6 Å². The number of nitrogens with zero attached hydrogens (tertiary/aromatic N) is 2. The maximum absolute atomic E-state index is 12.0. The van der Waals surface area contributed by atoms with Crippen LogP contribution in [0.5, 0.6) is 0 Å². The summed E-state index contributed by atoms with van der Waals surface area (Å²) in [7, 11) is 0. The third-order valence-corrected chi connectivity index (χ3v) is 2.02. The Labute approximate surface area is 111 Å². The molecule has 1 aromatic rings. The molecule has 0 unspecified atom stereocenters. The lowest BCUT2D eigenvalue weighted by molar-refractivity contribution is -0.167. The summed E-state index contributed by atoms with van der Waals surface area (Å²) in [5.41, 5.74) is 0.264. The standard InChI is InChI=1S/C12H7F3N4O/c13-12(14,15)11(20)19-10-3-1-9(2-4-10)18-7-8(5-16)6-17/h1-4,7,18H,(H,19,20). The van der Waals surface area contributed by atoms with Crippen LogP contribution >= 0.6 is 0 Å². The zero-order chi connectivity index (χ0) is 15.2. The molecule has 0 saturated heterocycles. The summed E-state index contributed by atoms with van der Waals surface area (Å²) in [4.78, 5) is 10.7. The first-order chi connectivity index (χ1) is 9.36. The molecule has 1 amide bonds. The highest BCUT2D eigenvalue weighted by atomic mass is 19.4. The molecule has 0 radical (unpaired) electrons. The summed E-state index contributed by atoms with van der Waals surface area (Å²) in [6.45, 7) is 0. The highest BCUT2D eigenvalue weighted by Gasteiger charge is 2.38. The van der Waals surface area contributed by atoms with Gasteiger partial charge in [0.2, 0.25) is 0 Å². The maximum Gasteiger partial charge on any atom is 0.471 e. The van der Waals surface area contributed by atoms with Crippen LogP contribution in [0.1, 0.15) is 0 Å². The molecular weight excluding hydrogens is 273 g/mol. The number of hydrogen-bond donors (Lipinski definition) is 2. The molecule has 20 heavy (non-hydrogen) atoms. The van der Waals surface area contributed by atoms with E-state index in [4.69, 9.17) is 10.5 Å². The number of carbonyl (C=O) groups excluding carboxylic acids is 1. The van der Waals surface area contributed by atoms with Crippen molar-refractivity contribution in [3.63, 3.8) is 0 Å². The minimum atomic E-state index is -4.95. The fourth-order valence-electron chi connectivity index (χ4n) is 1.10. The smallest absolute Gasteiger partial charge is 0.360 e. The molecule has 8 heteroatoms. The van der Waals surface area contributed by atoms with Gasteiger partial charge in [-0.15, -0.1) is 0 Å². The molecule has 0 heterocycles. The van der Waals surface area contributed by atoms with E-state index in [0.29, 0.717) is 5.69 Å². The van der Waals surface area contributed by atoms with Crippen molar-refractivity contribution >= 4 is 17.3 Å². The van der Waals surface area contributed by atoms with Gasteiger partial charge in [-0.3, -0.25) is 4.79 Å². The number of nitrogens with one attached hydrogen (secondary N) is 2. The zero-order valence-corrected chi connectivity index (χ0v) is 9.82. The summed E-state index contributed by atoms with van der Waals surface area (Å²) in [5.74, 6) is -2.06. The van der Waals surface area contributed by atoms with Gasteiger partial charge in [-0.2, -0.15) is 23.7 Å². The first-order valence-corrected chi connectivity index (χ1v) is 5.12. The van der Waals surface area contributed by atoms with Crippen LogP contribution in [0.4, 0.5) is 24.5 Å². The van der Waals surface area contributed by atoms with Crippen LogP contribution in [0, 0.1) is 22.7 Å². The van der Waals surface area contributed by atoms with Gasteiger partial charge in [0.1, 0.15) is 17.7 Å². The minimum Gasteiger partial charge on any atom is -0.360 e. The molecule has 2 N–H and O–H groups in total. The number of hydrogen-bond acceptors (Lipinski definition) is 4. The predicted molar refractivity (Wildman–Crippen MR) is 64.1 cm³/mol. The molecule has 0 bridgehead atoms. The minimum absolute atomic E-state index is 0.0253. The van der Waals surface area contributed by atoms with Crippen molar-refractivity contribution in [2.45, 2.75) is 6.18 Å². The SMILES string of the molecule is N#CC(C#N)=CNc1ccc(NC(=O)C(F)(F)F)cc1. The Morgan fingerprint density at radius 1 is 1.10 bits per heavy atom. The first kappa shape index (κ1) is 15.1. The molecule has 1 rings (SSSR count). The van der Waals surface area contributed by atoms with Gasteiger partial charge in [0.25, 0.3) is 0 Å². The number of allylic oxidation sites excluding steroid dienone is 1. The Kier molecular flexibility index (Phi) is 4.71. The Bertz CT molecular complexity index is 590. The van der Waals surface area contributed by atoms with Crippen molar-refractivity contribution in [2.24, 2.45) is 0 Å². The molecule has 0 atom stereocenters. The van der Waals surface area contributed by atoms with E-state index >= 15 is 0 Å². The molecule has 1 aromatic carbocycles. The molecular formula is C12H7F3N4O. The Hall–Kier alpha value is -3.00. The molecule has 102 valence electrons. The van der Waals surface area contributed by atoms with Crippen molar-refractivity contribution in [1.29, 1.82) is 10.5 Å². The van der Waals surface area contributed by atoms with Crippen LogP contribution in [0.25, 0.3) is 0 Å². The van der Waals surface area contributed by atoms with Crippen molar-refractivity contribution in [2.75, 3.05) is 10.6 Å². The lowest BCUT2D eigenvalue weighted by Gasteiger charge is -2.08. The number of alkyl halides is 3. The maximum atomic E-state index is 12.0. The monoisotopic (exact) mass is 280 g/mol. The molecule has 0 spiro atoms. The largest absolute Gasteiger partial charge is 0.471 e. The van der Waals surface area contributed by atoms with Crippen LogP contribution in [0.3, 0.4) is 0 Å². The van der Waals surface area contributed by atoms with E-state index in [2.05, 4.69) is 5.32 Å². The van der Waals surface area contributed by atoms with Crippen molar-refractivity contribution < 1.29 is 18.0 Å². The molecule has 0 fully saturated rings. The van der Waals surface area contributed by atoms with Crippen molar-refractivity contribution in [1.82, 2.24) is 0 Å². The molecule has 0 aliphatic heterocycles. The average molecular weight is 280 g/mol. The lowest BCUT2D eigenvalue weighted by atomic mass is 10.2. The van der Waals surface area contributed by atoms with E-state index in [9.17, 15) is 18.0 Å². The van der Waals surface area contributed by atoms with Gasteiger partial charge >= 0.3 is 12.1 Å². The second kappa shape index (κ2) is 6.25. The normalized spacial score (nSPS) is 9.85. The van der Waals surface area contributed by atoms with E-state index in [1.165, 1.54) is 24.3 Å². The second-order valence-electron chi connectivity index (χ2n) is 3.46. The molecule has 0 aromatic heterocycles. The van der Waals surface area contributed by atoms with Crippen LogP contribution in [0.2, 0.25) is 0 Å². The predicted octanol–water partition coefficient (Wildman–Crippen LogP) is 2.53. The number of benzene rings is 1. The topological polar surface area (TPSA) is 88.7 Å². The van der Waals surface area contributed by atoms with Gasteiger partial charge in [-0.05, 0) is 24.3 Å². The van der Waals surface area contributed by atoms with Gasteiger partial charge < -0.3 is 10.6 Å². The highest BCUT2D eigenvalue weighted by Crippen LogP contribution is 2.19. The molecule has 0 aliphatic carbocycles. The van der Waals surface area contributed by atoms with E-state index in [1.54, 1.807) is 17.5 Å². The molecule has 5 nitrogen and oxygen atoms in total. The fourth-order valence-corrected chi connectivity index (χ4v) is 1.10. The summed E-state index contributed by atoms with van der Waals surface area (Å²) in [5, 5.41) is 21.3. The third-order valence-electron chi connectivity index (χ3n) is 2.02. The van der Waals surface area contributed by atoms with E-state index in [-0.39, 0.29) is 11.3 Å². The van der Waals surface area contributed by atoms with Gasteiger partial charge in [-0.25, -0.2) is 0 Å². The number of rotatable bonds is 3. The zero-order valence-electron chi connectivity index (χ0n) is 9.82.